The Morgan fingerprint density at radius 3 is 1.41 bits per heavy atom. The molecule has 0 aliphatic rings. The minimum atomic E-state index is -0.271. The average molecular weight is 319 g/mol. The number of allylic oxidation sites excluding steroid dienone is 11. The summed E-state index contributed by atoms with van der Waals surface area (Å²) in [7, 11) is 0. The number of hydrogen-bond donors (Lipinski definition) is 0. The van der Waals surface area contributed by atoms with Gasteiger partial charge in [-0.25, -0.2) is 0 Å². The largest absolute Gasteiger partial charge is 0.281 e. The quantitative estimate of drug-likeness (QED) is 0.282. The van der Waals surface area contributed by atoms with Crippen molar-refractivity contribution in [3.63, 3.8) is 0 Å². The van der Waals surface area contributed by atoms with Crippen LogP contribution in [0.4, 0.5) is 0 Å². The predicted molar refractivity (Wildman–Crippen MR) is 99.1 cm³/mol. The van der Waals surface area contributed by atoms with E-state index in [0.717, 1.165) is 38.5 Å². The Kier molecular flexibility index (Phi) is 16.2. The first-order valence-corrected chi connectivity index (χ1v) is 8.19. The van der Waals surface area contributed by atoms with Crippen LogP contribution >= 0.6 is 11.6 Å². The third-order valence-electron chi connectivity index (χ3n) is 2.73. The molecule has 0 saturated heterocycles. The van der Waals surface area contributed by atoms with Crippen LogP contribution in [0.1, 0.15) is 44.9 Å². The second kappa shape index (κ2) is 17.5. The summed E-state index contributed by atoms with van der Waals surface area (Å²) in [5, 5.41) is -0.271. The molecule has 0 aromatic heterocycles. The van der Waals surface area contributed by atoms with Gasteiger partial charge in [0.05, 0.1) is 0 Å². The van der Waals surface area contributed by atoms with Gasteiger partial charge in [-0.3, -0.25) is 4.79 Å². The molecule has 0 rings (SSSR count). The molecule has 22 heavy (non-hydrogen) atoms. The number of hydrogen-bond acceptors (Lipinski definition) is 1. The highest BCUT2D eigenvalue weighted by Gasteiger charge is 1.90. The summed E-state index contributed by atoms with van der Waals surface area (Å²) >= 11 is 5.24. The SMILES string of the molecule is C=CCC=CCC=CCC=CCC=CC/C=C\CCC(=O)Cl. The molecule has 0 bridgehead atoms. The maximum absolute atomic E-state index is 10.5. The first-order valence-electron chi connectivity index (χ1n) is 7.81. The second-order valence-corrected chi connectivity index (χ2v) is 5.14. The van der Waals surface area contributed by atoms with E-state index in [1.807, 2.05) is 12.2 Å². The number of carbonyl (C=O) groups is 1. The van der Waals surface area contributed by atoms with Crippen LogP contribution in [0.2, 0.25) is 0 Å². The Hall–Kier alpha value is -1.60. The van der Waals surface area contributed by atoms with E-state index in [1.54, 1.807) is 0 Å². The molecule has 0 fully saturated rings. The van der Waals surface area contributed by atoms with Crippen molar-refractivity contribution in [3.8, 4) is 0 Å². The van der Waals surface area contributed by atoms with Gasteiger partial charge in [0.2, 0.25) is 5.24 Å². The van der Waals surface area contributed by atoms with E-state index in [2.05, 4.69) is 61.3 Å². The van der Waals surface area contributed by atoms with Gasteiger partial charge in [0, 0.05) is 6.42 Å². The minimum Gasteiger partial charge on any atom is -0.281 e. The van der Waals surface area contributed by atoms with Gasteiger partial charge in [-0.05, 0) is 50.1 Å². The fourth-order valence-corrected chi connectivity index (χ4v) is 1.70. The van der Waals surface area contributed by atoms with E-state index < -0.39 is 0 Å². The topological polar surface area (TPSA) is 17.1 Å². The van der Waals surface area contributed by atoms with Crippen LogP contribution in [0.5, 0.6) is 0 Å². The highest BCUT2D eigenvalue weighted by molar-refractivity contribution is 6.63. The van der Waals surface area contributed by atoms with Gasteiger partial charge >= 0.3 is 0 Å². The van der Waals surface area contributed by atoms with Gasteiger partial charge in [0.15, 0.2) is 0 Å². The van der Waals surface area contributed by atoms with E-state index in [0.29, 0.717) is 6.42 Å². The summed E-state index contributed by atoms with van der Waals surface area (Å²) in [6.07, 6.45) is 29.1. The van der Waals surface area contributed by atoms with Crippen molar-refractivity contribution in [3.05, 3.63) is 73.4 Å². The highest BCUT2D eigenvalue weighted by atomic mass is 35.5. The number of rotatable bonds is 13. The number of halogens is 1. The predicted octanol–water partition coefficient (Wildman–Crippen LogP) is 6.45. The van der Waals surface area contributed by atoms with Crippen molar-refractivity contribution < 1.29 is 4.79 Å². The van der Waals surface area contributed by atoms with E-state index in [1.165, 1.54) is 0 Å². The van der Waals surface area contributed by atoms with Gasteiger partial charge in [-0.15, -0.1) is 6.58 Å². The van der Waals surface area contributed by atoms with Crippen molar-refractivity contribution >= 4 is 16.8 Å². The Morgan fingerprint density at radius 2 is 1.05 bits per heavy atom. The summed E-state index contributed by atoms with van der Waals surface area (Å²) in [4.78, 5) is 10.5. The summed E-state index contributed by atoms with van der Waals surface area (Å²) in [5.41, 5.74) is 0. The van der Waals surface area contributed by atoms with Gasteiger partial charge in [-0.2, -0.15) is 0 Å². The molecule has 0 atom stereocenters. The Morgan fingerprint density at radius 1 is 0.682 bits per heavy atom. The average Bonchev–Trinajstić information content (AvgIpc) is 2.50. The van der Waals surface area contributed by atoms with E-state index in [4.69, 9.17) is 11.6 Å². The molecule has 120 valence electrons. The zero-order valence-corrected chi connectivity index (χ0v) is 14.0. The van der Waals surface area contributed by atoms with Crippen LogP contribution in [0.15, 0.2) is 73.4 Å². The molecule has 0 aromatic rings. The summed E-state index contributed by atoms with van der Waals surface area (Å²) in [6.45, 7) is 3.67. The molecule has 0 aliphatic heterocycles. The lowest BCUT2D eigenvalue weighted by atomic mass is 10.2. The van der Waals surface area contributed by atoms with Crippen LogP contribution in [0.3, 0.4) is 0 Å². The van der Waals surface area contributed by atoms with Crippen molar-refractivity contribution in [1.82, 2.24) is 0 Å². The molecule has 0 spiro atoms. The zero-order valence-electron chi connectivity index (χ0n) is 13.3. The molecule has 0 saturated carbocycles. The van der Waals surface area contributed by atoms with E-state index in [9.17, 15) is 4.79 Å². The highest BCUT2D eigenvalue weighted by Crippen LogP contribution is 1.98. The Bertz CT molecular complexity index is 425. The molecule has 0 aliphatic carbocycles. The van der Waals surface area contributed by atoms with Crippen molar-refractivity contribution in [1.29, 1.82) is 0 Å². The lowest BCUT2D eigenvalue weighted by molar-refractivity contribution is -0.111. The third kappa shape index (κ3) is 18.4. The smallest absolute Gasteiger partial charge is 0.221 e. The van der Waals surface area contributed by atoms with Crippen LogP contribution in [-0.2, 0) is 4.79 Å². The molecule has 2 heteroatoms. The minimum absolute atomic E-state index is 0.271. The monoisotopic (exact) mass is 318 g/mol. The molecule has 0 unspecified atom stereocenters. The Balaban J connectivity index is 3.49. The van der Waals surface area contributed by atoms with Crippen molar-refractivity contribution in [2.75, 3.05) is 0 Å². The van der Waals surface area contributed by atoms with Gasteiger partial charge < -0.3 is 0 Å². The molecule has 0 radical (unpaired) electrons. The summed E-state index contributed by atoms with van der Waals surface area (Å²) < 4.78 is 0. The van der Waals surface area contributed by atoms with E-state index >= 15 is 0 Å². The lowest BCUT2D eigenvalue weighted by Crippen LogP contribution is -1.81. The fourth-order valence-electron chi connectivity index (χ4n) is 1.59. The molecule has 0 amide bonds. The molecule has 0 heterocycles. The zero-order chi connectivity index (χ0) is 16.3. The maximum Gasteiger partial charge on any atom is 0.221 e. The van der Waals surface area contributed by atoms with Crippen LogP contribution in [0, 0.1) is 0 Å². The molecular weight excluding hydrogens is 292 g/mol. The lowest BCUT2D eigenvalue weighted by Gasteiger charge is -1.87. The Labute approximate surface area is 140 Å². The fraction of sp³-hybridized carbons (Fsp3) is 0.350. The second-order valence-electron chi connectivity index (χ2n) is 4.72. The maximum atomic E-state index is 10.5. The van der Waals surface area contributed by atoms with Gasteiger partial charge in [0.25, 0.3) is 0 Å². The van der Waals surface area contributed by atoms with Crippen molar-refractivity contribution in [2.45, 2.75) is 44.9 Å². The normalized spacial score (nSPS) is 12.6. The molecule has 1 nitrogen and oxygen atoms in total. The van der Waals surface area contributed by atoms with Crippen LogP contribution in [-0.4, -0.2) is 5.24 Å². The molecule has 0 aromatic carbocycles. The van der Waals surface area contributed by atoms with E-state index in [-0.39, 0.29) is 5.24 Å². The molecular formula is C20H27ClO. The van der Waals surface area contributed by atoms with Gasteiger partial charge in [0.1, 0.15) is 0 Å². The summed E-state index contributed by atoms with van der Waals surface area (Å²) in [6, 6.07) is 0. The summed E-state index contributed by atoms with van der Waals surface area (Å²) in [5.74, 6) is 0. The first-order chi connectivity index (χ1) is 10.8. The van der Waals surface area contributed by atoms with Gasteiger partial charge in [-0.1, -0.05) is 66.8 Å². The first kappa shape index (κ1) is 20.4. The molecule has 0 N–H and O–H groups in total. The van der Waals surface area contributed by atoms with Crippen LogP contribution < -0.4 is 0 Å². The van der Waals surface area contributed by atoms with Crippen LogP contribution in [0.25, 0.3) is 0 Å². The van der Waals surface area contributed by atoms with Crippen molar-refractivity contribution in [2.24, 2.45) is 0 Å². The number of carbonyl (C=O) groups excluding carboxylic acids is 1. The standard InChI is InChI=1S/C20H27ClO/c1-2-3-4-5-6-7-8-9-10-11-12-13-14-15-16-17-18-19-20(21)22/h2,4-5,7-8,10-11,13-14,16-17H,1,3,6,9,12,15,18-19H2/b5-4?,8-7?,11-10?,14-13?,17-16-. The third-order valence-corrected chi connectivity index (χ3v) is 2.92.